The van der Waals surface area contributed by atoms with E-state index in [0.717, 1.165) is 18.2 Å². The maximum atomic E-state index is 13.3. The van der Waals surface area contributed by atoms with Crippen molar-refractivity contribution in [3.05, 3.63) is 38.1 Å². The highest BCUT2D eigenvalue weighted by atomic mass is 79.9. The highest BCUT2D eigenvalue weighted by Gasteiger charge is 2.22. The molecule has 0 spiro atoms. The molecule has 0 aliphatic carbocycles. The summed E-state index contributed by atoms with van der Waals surface area (Å²) in [7, 11) is 0. The molecule has 90 valence electrons. The SMILES string of the molecule is NC(=O)/C=C/c1cc([N+](=O)[O-])c(F)c(Br)c1O. The van der Waals surface area contributed by atoms with Crippen LogP contribution in [0.5, 0.6) is 5.75 Å². The number of hydrogen-bond acceptors (Lipinski definition) is 4. The molecular weight excluding hydrogens is 299 g/mol. The number of carbonyl (C=O) groups excluding carboxylic acids is 1. The number of nitrogens with two attached hydrogens (primary N) is 1. The Morgan fingerprint density at radius 2 is 2.24 bits per heavy atom. The number of phenolic OH excluding ortho intramolecular Hbond substituents is 1. The molecule has 1 rings (SSSR count). The minimum Gasteiger partial charge on any atom is -0.506 e. The van der Waals surface area contributed by atoms with Crippen LogP contribution < -0.4 is 5.73 Å². The summed E-state index contributed by atoms with van der Waals surface area (Å²) in [5.74, 6) is -2.54. The van der Waals surface area contributed by atoms with Crippen molar-refractivity contribution in [2.45, 2.75) is 0 Å². The maximum Gasteiger partial charge on any atom is 0.306 e. The lowest BCUT2D eigenvalue weighted by Gasteiger charge is -2.03. The number of amides is 1. The van der Waals surface area contributed by atoms with Crippen molar-refractivity contribution in [3.63, 3.8) is 0 Å². The van der Waals surface area contributed by atoms with Gasteiger partial charge in [-0.2, -0.15) is 4.39 Å². The molecule has 0 aromatic heterocycles. The van der Waals surface area contributed by atoms with Gasteiger partial charge in [0, 0.05) is 17.7 Å². The Morgan fingerprint density at radius 1 is 1.65 bits per heavy atom. The average molecular weight is 305 g/mol. The average Bonchev–Trinajstić information content (AvgIpc) is 2.24. The van der Waals surface area contributed by atoms with E-state index in [0.29, 0.717) is 0 Å². The first-order valence-corrected chi connectivity index (χ1v) is 4.96. The molecular formula is C9H6BrFN2O4. The van der Waals surface area contributed by atoms with Crippen LogP contribution in [0, 0.1) is 15.9 Å². The second-order valence-electron chi connectivity index (χ2n) is 2.95. The van der Waals surface area contributed by atoms with E-state index in [2.05, 4.69) is 15.9 Å². The van der Waals surface area contributed by atoms with E-state index >= 15 is 0 Å². The van der Waals surface area contributed by atoms with E-state index in [-0.39, 0.29) is 5.56 Å². The summed E-state index contributed by atoms with van der Waals surface area (Å²) in [6.07, 6.45) is 1.94. The first-order valence-electron chi connectivity index (χ1n) is 4.17. The lowest BCUT2D eigenvalue weighted by molar-refractivity contribution is -0.387. The molecule has 0 aliphatic rings. The van der Waals surface area contributed by atoms with Gasteiger partial charge in [-0.3, -0.25) is 14.9 Å². The highest BCUT2D eigenvalue weighted by molar-refractivity contribution is 9.10. The number of phenols is 1. The number of nitrogens with zero attached hydrogens (tertiary/aromatic N) is 1. The zero-order valence-electron chi connectivity index (χ0n) is 8.18. The fourth-order valence-corrected chi connectivity index (χ4v) is 1.49. The van der Waals surface area contributed by atoms with Crippen LogP contribution in [-0.2, 0) is 4.79 Å². The standard InChI is InChI=1S/C9H6BrFN2O4/c10-7-8(11)5(13(16)17)3-4(9(7)15)1-2-6(12)14/h1-3,15H,(H2,12,14)/b2-1+. The first kappa shape index (κ1) is 13.1. The Morgan fingerprint density at radius 3 is 2.71 bits per heavy atom. The fourth-order valence-electron chi connectivity index (χ4n) is 1.05. The van der Waals surface area contributed by atoms with Gasteiger partial charge in [0.05, 0.1) is 4.92 Å². The van der Waals surface area contributed by atoms with Crippen molar-refractivity contribution >= 4 is 33.6 Å². The van der Waals surface area contributed by atoms with Gasteiger partial charge in [0.1, 0.15) is 10.2 Å². The van der Waals surface area contributed by atoms with Crippen LogP contribution in [-0.4, -0.2) is 15.9 Å². The molecule has 0 bridgehead atoms. The van der Waals surface area contributed by atoms with Gasteiger partial charge >= 0.3 is 5.69 Å². The molecule has 0 fully saturated rings. The molecule has 0 radical (unpaired) electrons. The van der Waals surface area contributed by atoms with Crippen molar-refractivity contribution in [2.75, 3.05) is 0 Å². The summed E-state index contributed by atoms with van der Waals surface area (Å²) in [5.41, 5.74) is 3.91. The lowest BCUT2D eigenvalue weighted by atomic mass is 10.1. The smallest absolute Gasteiger partial charge is 0.306 e. The number of halogens is 2. The summed E-state index contributed by atoms with van der Waals surface area (Å²) in [6, 6.07) is 0.800. The molecule has 1 amide bonds. The number of benzene rings is 1. The minimum atomic E-state index is -1.19. The van der Waals surface area contributed by atoms with Gasteiger partial charge < -0.3 is 10.8 Å². The molecule has 0 saturated carbocycles. The van der Waals surface area contributed by atoms with Crippen LogP contribution in [0.1, 0.15) is 5.56 Å². The summed E-state index contributed by atoms with van der Waals surface area (Å²) in [4.78, 5) is 20.1. The molecule has 17 heavy (non-hydrogen) atoms. The van der Waals surface area contributed by atoms with E-state index in [9.17, 15) is 24.4 Å². The normalized spacial score (nSPS) is 10.7. The van der Waals surface area contributed by atoms with Crippen LogP contribution in [0.3, 0.4) is 0 Å². The molecule has 0 atom stereocenters. The van der Waals surface area contributed by atoms with Gasteiger partial charge in [0.15, 0.2) is 0 Å². The summed E-state index contributed by atoms with van der Waals surface area (Å²) >= 11 is 2.68. The van der Waals surface area contributed by atoms with Crippen LogP contribution in [0.25, 0.3) is 6.08 Å². The Hall–Kier alpha value is -1.96. The predicted octanol–water partition coefficient (Wildman–Crippen LogP) is 1.70. The first-order chi connectivity index (χ1) is 7.84. The Bertz CT molecular complexity index is 530. The molecule has 8 heteroatoms. The minimum absolute atomic E-state index is 0.0937. The highest BCUT2D eigenvalue weighted by Crippen LogP contribution is 2.36. The van der Waals surface area contributed by atoms with Crippen molar-refractivity contribution in [3.8, 4) is 5.75 Å². The molecule has 0 heterocycles. The summed E-state index contributed by atoms with van der Waals surface area (Å²) in [5, 5.41) is 20.0. The summed E-state index contributed by atoms with van der Waals surface area (Å²) < 4.78 is 12.9. The van der Waals surface area contributed by atoms with Crippen LogP contribution >= 0.6 is 15.9 Å². The number of carbonyl (C=O) groups is 1. The van der Waals surface area contributed by atoms with Gasteiger partial charge in [0.2, 0.25) is 11.7 Å². The lowest BCUT2D eigenvalue weighted by Crippen LogP contribution is -2.05. The molecule has 1 aromatic rings. The number of nitro benzene ring substituents is 1. The molecule has 0 saturated heterocycles. The zero-order valence-corrected chi connectivity index (χ0v) is 9.77. The third-order valence-corrected chi connectivity index (χ3v) is 2.54. The molecule has 6 nitrogen and oxygen atoms in total. The largest absolute Gasteiger partial charge is 0.506 e. The number of nitro groups is 1. The van der Waals surface area contributed by atoms with Crippen LogP contribution in [0.15, 0.2) is 16.6 Å². The Labute approximate surface area is 103 Å². The monoisotopic (exact) mass is 304 g/mol. The van der Waals surface area contributed by atoms with Crippen molar-refractivity contribution in [2.24, 2.45) is 5.73 Å². The number of primary amides is 1. The van der Waals surface area contributed by atoms with E-state index in [1.807, 2.05) is 0 Å². The van der Waals surface area contributed by atoms with E-state index in [1.54, 1.807) is 0 Å². The second-order valence-corrected chi connectivity index (χ2v) is 3.75. The maximum absolute atomic E-state index is 13.3. The van der Waals surface area contributed by atoms with Gasteiger partial charge in [-0.25, -0.2) is 0 Å². The van der Waals surface area contributed by atoms with Crippen molar-refractivity contribution < 1.29 is 19.2 Å². The van der Waals surface area contributed by atoms with Gasteiger partial charge in [-0.15, -0.1) is 0 Å². The Balaban J connectivity index is 3.42. The number of aromatic hydroxyl groups is 1. The van der Waals surface area contributed by atoms with E-state index in [1.165, 1.54) is 0 Å². The zero-order chi connectivity index (χ0) is 13.2. The topological polar surface area (TPSA) is 106 Å². The second kappa shape index (κ2) is 4.91. The van der Waals surface area contributed by atoms with E-state index in [4.69, 9.17) is 5.73 Å². The van der Waals surface area contributed by atoms with Gasteiger partial charge in [-0.1, -0.05) is 0 Å². The van der Waals surface area contributed by atoms with Gasteiger partial charge in [-0.05, 0) is 22.0 Å². The van der Waals surface area contributed by atoms with E-state index < -0.39 is 32.6 Å². The third kappa shape index (κ3) is 2.78. The fraction of sp³-hybridized carbons (Fsp3) is 0. The Kier molecular flexibility index (Phi) is 3.79. The third-order valence-electron chi connectivity index (χ3n) is 1.82. The molecule has 1 aromatic carbocycles. The van der Waals surface area contributed by atoms with Crippen LogP contribution in [0.4, 0.5) is 10.1 Å². The molecule has 0 aliphatic heterocycles. The van der Waals surface area contributed by atoms with Crippen LogP contribution in [0.2, 0.25) is 0 Å². The number of rotatable bonds is 3. The van der Waals surface area contributed by atoms with Crippen molar-refractivity contribution in [1.29, 1.82) is 0 Å². The number of hydrogen-bond donors (Lipinski definition) is 2. The quantitative estimate of drug-likeness (QED) is 0.503. The summed E-state index contributed by atoms with van der Waals surface area (Å²) in [6.45, 7) is 0. The van der Waals surface area contributed by atoms with Gasteiger partial charge in [0.25, 0.3) is 0 Å². The predicted molar refractivity (Wildman–Crippen MR) is 60.6 cm³/mol. The van der Waals surface area contributed by atoms with Crippen molar-refractivity contribution in [1.82, 2.24) is 0 Å². The molecule has 0 unspecified atom stereocenters. The molecule has 3 N–H and O–H groups in total.